The summed E-state index contributed by atoms with van der Waals surface area (Å²) in [6.07, 6.45) is 5.22. The fourth-order valence-corrected chi connectivity index (χ4v) is 4.72. The van der Waals surface area contributed by atoms with Crippen LogP contribution in [-0.2, 0) is 16.6 Å². The number of allylic oxidation sites excluding steroid dienone is 2. The number of aromatic nitrogens is 2. The van der Waals surface area contributed by atoms with Crippen molar-refractivity contribution in [3.05, 3.63) is 48.2 Å². The Morgan fingerprint density at radius 2 is 1.74 bits per heavy atom. The third-order valence-electron chi connectivity index (χ3n) is 6.52. The Kier molecular flexibility index (Phi) is 4.64. The van der Waals surface area contributed by atoms with Crippen molar-refractivity contribution in [2.24, 2.45) is 18.9 Å². The Labute approximate surface area is 180 Å². The van der Waals surface area contributed by atoms with Crippen molar-refractivity contribution in [3.8, 4) is 17.0 Å². The Hall–Kier alpha value is -3.42. The van der Waals surface area contributed by atoms with Gasteiger partial charge in [-0.15, -0.1) is 0 Å². The summed E-state index contributed by atoms with van der Waals surface area (Å²) in [7, 11) is 3.34. The molecule has 0 bridgehead atoms. The Morgan fingerprint density at radius 1 is 1.06 bits per heavy atom. The van der Waals surface area contributed by atoms with Crippen LogP contribution in [0.3, 0.4) is 0 Å². The van der Waals surface area contributed by atoms with Crippen LogP contribution < -0.4 is 4.74 Å². The summed E-state index contributed by atoms with van der Waals surface area (Å²) >= 11 is 0. The quantitative estimate of drug-likeness (QED) is 0.557. The van der Waals surface area contributed by atoms with Crippen molar-refractivity contribution in [3.63, 3.8) is 0 Å². The van der Waals surface area contributed by atoms with Gasteiger partial charge < -0.3 is 9.64 Å². The number of nitrogens with zero attached hydrogens (tertiary/aromatic N) is 4. The largest absolute Gasteiger partial charge is 0.497 e. The fraction of sp³-hybridized carbons (Fsp3) is 0.391. The first-order chi connectivity index (χ1) is 15.0. The van der Waals surface area contributed by atoms with Crippen molar-refractivity contribution in [1.82, 2.24) is 19.6 Å². The Morgan fingerprint density at radius 3 is 2.39 bits per heavy atom. The van der Waals surface area contributed by atoms with Crippen molar-refractivity contribution in [1.29, 1.82) is 0 Å². The van der Waals surface area contributed by atoms with Gasteiger partial charge in [-0.1, -0.05) is 24.3 Å². The molecule has 2 saturated heterocycles. The molecule has 0 spiro atoms. The van der Waals surface area contributed by atoms with Gasteiger partial charge in [0.15, 0.2) is 0 Å². The van der Waals surface area contributed by atoms with Crippen LogP contribution in [0.2, 0.25) is 0 Å². The molecule has 1 aromatic carbocycles. The summed E-state index contributed by atoms with van der Waals surface area (Å²) in [5, 5.41) is 4.48. The number of benzene rings is 1. The molecule has 2 aromatic rings. The molecule has 3 aliphatic rings. The van der Waals surface area contributed by atoms with Gasteiger partial charge in [0.2, 0.25) is 11.8 Å². The maximum Gasteiger partial charge on any atom is 0.272 e. The van der Waals surface area contributed by atoms with Crippen LogP contribution in [0, 0.1) is 11.8 Å². The number of amides is 3. The maximum absolute atomic E-state index is 13.0. The summed E-state index contributed by atoms with van der Waals surface area (Å²) < 4.78 is 6.83. The molecule has 2 unspecified atom stereocenters. The molecule has 3 heterocycles. The molecule has 2 atom stereocenters. The minimum atomic E-state index is -0.236. The highest BCUT2D eigenvalue weighted by Gasteiger charge is 2.52. The number of hydrogen-bond donors (Lipinski definition) is 0. The monoisotopic (exact) mass is 420 g/mol. The molecule has 0 radical (unpaired) electrons. The first-order valence-electron chi connectivity index (χ1n) is 10.5. The van der Waals surface area contributed by atoms with Crippen LogP contribution in [0.5, 0.6) is 5.75 Å². The smallest absolute Gasteiger partial charge is 0.272 e. The summed E-state index contributed by atoms with van der Waals surface area (Å²) in [5.74, 6) is -0.0695. The number of rotatable bonds is 4. The molecular weight excluding hydrogens is 396 g/mol. The number of ether oxygens (including phenoxy) is 1. The molecule has 1 aromatic heterocycles. The number of hydrogen-bond acceptors (Lipinski definition) is 5. The van der Waals surface area contributed by atoms with E-state index in [4.69, 9.17) is 4.74 Å². The molecule has 2 aliphatic heterocycles. The van der Waals surface area contributed by atoms with E-state index in [1.807, 2.05) is 36.4 Å². The number of methoxy groups -OCH3 is 1. The summed E-state index contributed by atoms with van der Waals surface area (Å²) in [4.78, 5) is 41.6. The zero-order valence-corrected chi connectivity index (χ0v) is 17.5. The predicted molar refractivity (Wildman–Crippen MR) is 112 cm³/mol. The normalized spacial score (nSPS) is 23.2. The Balaban J connectivity index is 1.28. The van der Waals surface area contributed by atoms with Gasteiger partial charge in [0.25, 0.3) is 5.91 Å². The second-order valence-corrected chi connectivity index (χ2v) is 8.34. The van der Waals surface area contributed by atoms with Crippen molar-refractivity contribution in [2.75, 3.05) is 20.2 Å². The van der Waals surface area contributed by atoms with Crippen LogP contribution in [0.25, 0.3) is 11.3 Å². The van der Waals surface area contributed by atoms with E-state index in [1.54, 1.807) is 29.8 Å². The number of imide groups is 1. The van der Waals surface area contributed by atoms with E-state index in [-0.39, 0.29) is 35.6 Å². The molecule has 8 nitrogen and oxygen atoms in total. The molecule has 3 amide bonds. The molecule has 2 fully saturated rings. The molecular formula is C23H24N4O4. The second kappa shape index (κ2) is 7.37. The minimum absolute atomic E-state index is 0.0858. The number of aryl methyl sites for hydroxylation is 1. The van der Waals surface area contributed by atoms with Gasteiger partial charge in [0.1, 0.15) is 11.4 Å². The summed E-state index contributed by atoms with van der Waals surface area (Å²) in [5.41, 5.74) is 2.01. The lowest BCUT2D eigenvalue weighted by molar-refractivity contribution is -0.145. The van der Waals surface area contributed by atoms with E-state index < -0.39 is 0 Å². The third-order valence-corrected chi connectivity index (χ3v) is 6.52. The maximum atomic E-state index is 13.0. The lowest BCUT2D eigenvalue weighted by Gasteiger charge is -2.43. The van der Waals surface area contributed by atoms with E-state index in [0.29, 0.717) is 37.3 Å². The standard InChI is InChI=1S/C23H24N4O4/c1-25-20(11-19(24-25)14-6-5-7-16(10-14)31-2)23(30)26-12-15(13-26)27-21(28)17-8-3-4-9-18(17)22(27)29/h3-7,10-11,15,17-18H,8-9,12-13H2,1-2H3. The van der Waals surface area contributed by atoms with Crippen LogP contribution >= 0.6 is 0 Å². The van der Waals surface area contributed by atoms with E-state index in [1.165, 1.54) is 4.90 Å². The summed E-state index contributed by atoms with van der Waals surface area (Å²) in [6.45, 7) is 0.728. The highest BCUT2D eigenvalue weighted by molar-refractivity contribution is 6.06. The topological polar surface area (TPSA) is 84.7 Å². The molecule has 160 valence electrons. The van der Waals surface area contributed by atoms with Crippen molar-refractivity contribution < 1.29 is 19.1 Å². The lowest BCUT2D eigenvalue weighted by Crippen LogP contribution is -2.62. The second-order valence-electron chi connectivity index (χ2n) is 8.34. The van der Waals surface area contributed by atoms with Gasteiger partial charge in [-0.2, -0.15) is 5.10 Å². The average molecular weight is 420 g/mol. The molecule has 5 rings (SSSR count). The number of carbonyl (C=O) groups is 3. The highest BCUT2D eigenvalue weighted by atomic mass is 16.5. The highest BCUT2D eigenvalue weighted by Crippen LogP contribution is 2.37. The van der Waals surface area contributed by atoms with E-state index in [2.05, 4.69) is 5.10 Å². The predicted octanol–water partition coefficient (Wildman–Crippen LogP) is 1.87. The van der Waals surface area contributed by atoms with Crippen molar-refractivity contribution in [2.45, 2.75) is 18.9 Å². The zero-order chi connectivity index (χ0) is 21.7. The molecule has 0 N–H and O–H groups in total. The fourth-order valence-electron chi connectivity index (χ4n) is 4.72. The first-order valence-corrected chi connectivity index (χ1v) is 10.5. The molecule has 0 saturated carbocycles. The average Bonchev–Trinajstić information content (AvgIpc) is 3.26. The first kappa shape index (κ1) is 19.5. The van der Waals surface area contributed by atoms with Crippen LogP contribution in [-0.4, -0.2) is 63.5 Å². The minimum Gasteiger partial charge on any atom is -0.497 e. The number of likely N-dealkylation sites (tertiary alicyclic amines) is 2. The van der Waals surface area contributed by atoms with Crippen molar-refractivity contribution >= 4 is 17.7 Å². The Bertz CT molecular complexity index is 1070. The van der Waals surface area contributed by atoms with E-state index in [9.17, 15) is 14.4 Å². The van der Waals surface area contributed by atoms with E-state index >= 15 is 0 Å². The van der Waals surface area contributed by atoms with E-state index in [0.717, 1.165) is 11.3 Å². The van der Waals surface area contributed by atoms with Gasteiger partial charge in [-0.05, 0) is 31.0 Å². The van der Waals surface area contributed by atoms with Crippen LogP contribution in [0.1, 0.15) is 23.3 Å². The summed E-state index contributed by atoms with van der Waals surface area (Å²) in [6, 6.07) is 9.04. The number of fused-ring (bicyclic) bond motifs is 1. The molecule has 8 heteroatoms. The number of carbonyl (C=O) groups excluding carboxylic acids is 3. The van der Waals surface area contributed by atoms with Gasteiger partial charge in [-0.3, -0.25) is 24.0 Å². The van der Waals surface area contributed by atoms with Gasteiger partial charge >= 0.3 is 0 Å². The van der Waals surface area contributed by atoms with Gasteiger partial charge in [0.05, 0.1) is 30.7 Å². The van der Waals surface area contributed by atoms with Crippen LogP contribution in [0.4, 0.5) is 0 Å². The lowest BCUT2D eigenvalue weighted by atomic mass is 9.85. The SMILES string of the molecule is COc1cccc(-c2cc(C(=O)N3CC(N4C(=O)C5CC=CCC5C4=O)C3)n(C)n2)c1. The van der Waals surface area contributed by atoms with Gasteiger partial charge in [0, 0.05) is 25.7 Å². The third kappa shape index (κ3) is 3.13. The molecule has 1 aliphatic carbocycles. The zero-order valence-electron chi connectivity index (χ0n) is 17.5. The van der Waals surface area contributed by atoms with Crippen LogP contribution in [0.15, 0.2) is 42.5 Å². The van der Waals surface area contributed by atoms with Gasteiger partial charge in [-0.25, -0.2) is 0 Å². The molecule has 31 heavy (non-hydrogen) atoms.